The highest BCUT2D eigenvalue weighted by molar-refractivity contribution is 4.90. The smallest absolute Gasteiger partial charge is 0.0465 e. The maximum absolute atomic E-state index is 9.17. The van der Waals surface area contributed by atoms with Crippen molar-refractivity contribution in [1.29, 1.82) is 0 Å². The Balaban J connectivity index is 2.12. The van der Waals surface area contributed by atoms with Crippen LogP contribution in [0.1, 0.15) is 39.0 Å². The van der Waals surface area contributed by atoms with Gasteiger partial charge in [-0.15, -0.1) is 0 Å². The highest BCUT2D eigenvalue weighted by Crippen LogP contribution is 2.42. The first-order valence-corrected chi connectivity index (χ1v) is 6.20. The molecule has 0 unspecified atom stereocenters. The number of unbranched alkanes of at least 4 members (excludes halogenated alkanes) is 1. The summed E-state index contributed by atoms with van der Waals surface area (Å²) in [7, 11) is 0. The second-order valence-electron chi connectivity index (χ2n) is 4.62. The van der Waals surface area contributed by atoms with E-state index in [1.807, 2.05) is 0 Å². The molecule has 0 aromatic rings. The summed E-state index contributed by atoms with van der Waals surface area (Å²) in [6.07, 6.45) is 10.3. The lowest BCUT2D eigenvalue weighted by atomic mass is 9.64. The van der Waals surface area contributed by atoms with E-state index in [1.54, 1.807) is 0 Å². The number of hydrogen-bond acceptors (Lipinski definition) is 2. The number of rotatable bonds is 7. The third kappa shape index (κ3) is 3.62. The zero-order valence-corrected chi connectivity index (χ0v) is 9.73. The molecule has 1 aliphatic rings. The molecule has 0 amide bonds. The lowest BCUT2D eigenvalue weighted by molar-refractivity contribution is -0.0174. The maximum Gasteiger partial charge on any atom is 0.0465 e. The van der Waals surface area contributed by atoms with Gasteiger partial charge in [0, 0.05) is 13.2 Å². The zero-order valence-electron chi connectivity index (χ0n) is 9.73. The summed E-state index contributed by atoms with van der Waals surface area (Å²) in [5.41, 5.74) is 0. The molecule has 0 bridgehead atoms. The largest absolute Gasteiger partial charge is 0.396 e. The molecule has 0 saturated heterocycles. The van der Waals surface area contributed by atoms with Crippen LogP contribution in [0.3, 0.4) is 0 Å². The maximum atomic E-state index is 9.17. The molecule has 0 heterocycles. The Bertz CT molecular complexity index is 189. The molecule has 2 N–H and O–H groups in total. The molecule has 0 radical (unpaired) electrons. The van der Waals surface area contributed by atoms with Crippen molar-refractivity contribution in [2.45, 2.75) is 39.0 Å². The average Bonchev–Trinajstić information content (AvgIpc) is 2.22. The first-order valence-electron chi connectivity index (χ1n) is 6.20. The van der Waals surface area contributed by atoms with Crippen LogP contribution in [0.5, 0.6) is 0 Å². The molecular formula is C13H24O2. The fourth-order valence-corrected chi connectivity index (χ4v) is 2.48. The van der Waals surface area contributed by atoms with Gasteiger partial charge in [0.2, 0.25) is 0 Å². The SMILES string of the molecule is CCC/C=C\CC[C@H]1C[C@@H](CO)[C@H]1CO. The van der Waals surface area contributed by atoms with Crippen molar-refractivity contribution in [3.63, 3.8) is 0 Å². The zero-order chi connectivity index (χ0) is 11.1. The first-order chi connectivity index (χ1) is 7.33. The van der Waals surface area contributed by atoms with Crippen LogP contribution in [-0.2, 0) is 0 Å². The summed E-state index contributed by atoms with van der Waals surface area (Å²) < 4.78 is 0. The summed E-state index contributed by atoms with van der Waals surface area (Å²) in [6.45, 7) is 2.67. The summed E-state index contributed by atoms with van der Waals surface area (Å²) in [4.78, 5) is 0. The molecule has 0 aliphatic heterocycles. The quantitative estimate of drug-likeness (QED) is 0.636. The van der Waals surface area contributed by atoms with E-state index in [9.17, 15) is 0 Å². The van der Waals surface area contributed by atoms with Gasteiger partial charge in [0.25, 0.3) is 0 Å². The van der Waals surface area contributed by atoms with E-state index in [1.165, 1.54) is 19.3 Å². The minimum absolute atomic E-state index is 0.243. The Morgan fingerprint density at radius 1 is 1.07 bits per heavy atom. The van der Waals surface area contributed by atoms with Gasteiger partial charge < -0.3 is 10.2 Å². The molecular weight excluding hydrogens is 188 g/mol. The fraction of sp³-hybridized carbons (Fsp3) is 0.846. The topological polar surface area (TPSA) is 40.5 Å². The van der Waals surface area contributed by atoms with E-state index in [-0.39, 0.29) is 13.2 Å². The van der Waals surface area contributed by atoms with Gasteiger partial charge in [0.05, 0.1) is 0 Å². The summed E-state index contributed by atoms with van der Waals surface area (Å²) in [6, 6.07) is 0. The number of allylic oxidation sites excluding steroid dienone is 2. The molecule has 2 heteroatoms. The summed E-state index contributed by atoms with van der Waals surface area (Å²) in [5.74, 6) is 1.35. The van der Waals surface area contributed by atoms with Gasteiger partial charge in [0.15, 0.2) is 0 Å². The normalized spacial score (nSPS) is 30.7. The van der Waals surface area contributed by atoms with Crippen LogP contribution in [0.25, 0.3) is 0 Å². The predicted molar refractivity (Wildman–Crippen MR) is 62.5 cm³/mol. The molecule has 1 rings (SSSR count). The van der Waals surface area contributed by atoms with E-state index in [0.29, 0.717) is 17.8 Å². The second kappa shape index (κ2) is 7.02. The van der Waals surface area contributed by atoms with Crippen molar-refractivity contribution in [3.8, 4) is 0 Å². The van der Waals surface area contributed by atoms with E-state index < -0.39 is 0 Å². The number of aliphatic hydroxyl groups excluding tert-OH is 2. The van der Waals surface area contributed by atoms with Crippen LogP contribution in [0, 0.1) is 17.8 Å². The fourth-order valence-electron chi connectivity index (χ4n) is 2.48. The monoisotopic (exact) mass is 212 g/mol. The van der Waals surface area contributed by atoms with Gasteiger partial charge in [-0.25, -0.2) is 0 Å². The van der Waals surface area contributed by atoms with Crippen LogP contribution < -0.4 is 0 Å². The summed E-state index contributed by atoms with van der Waals surface area (Å²) in [5, 5.41) is 18.2. The van der Waals surface area contributed by atoms with Crippen molar-refractivity contribution in [3.05, 3.63) is 12.2 Å². The van der Waals surface area contributed by atoms with E-state index >= 15 is 0 Å². The van der Waals surface area contributed by atoms with Gasteiger partial charge in [-0.3, -0.25) is 0 Å². The third-order valence-electron chi connectivity index (χ3n) is 3.59. The lowest BCUT2D eigenvalue weighted by Crippen LogP contribution is -2.41. The molecule has 1 fully saturated rings. The molecule has 3 atom stereocenters. The molecule has 1 saturated carbocycles. The Morgan fingerprint density at radius 2 is 1.80 bits per heavy atom. The average molecular weight is 212 g/mol. The first kappa shape index (κ1) is 12.7. The Kier molecular flexibility index (Phi) is 5.96. The van der Waals surface area contributed by atoms with Gasteiger partial charge in [0.1, 0.15) is 0 Å². The minimum Gasteiger partial charge on any atom is -0.396 e. The van der Waals surface area contributed by atoms with Gasteiger partial charge in [-0.05, 0) is 43.4 Å². The van der Waals surface area contributed by atoms with Crippen molar-refractivity contribution in [2.24, 2.45) is 17.8 Å². The van der Waals surface area contributed by atoms with Gasteiger partial charge >= 0.3 is 0 Å². The molecule has 0 aromatic carbocycles. The van der Waals surface area contributed by atoms with Crippen molar-refractivity contribution >= 4 is 0 Å². The molecule has 0 aromatic heterocycles. The standard InChI is InChI=1S/C13H24O2/c1-2-3-4-5-6-7-11-8-12(9-14)13(11)10-15/h4-5,11-15H,2-3,6-10H2,1H3/b5-4-/t11-,12-,13-/m0/s1. The lowest BCUT2D eigenvalue weighted by Gasteiger charge is -2.43. The molecule has 1 aliphatic carbocycles. The Labute approximate surface area is 93.0 Å². The van der Waals surface area contributed by atoms with Gasteiger partial charge in [-0.2, -0.15) is 0 Å². The Hall–Kier alpha value is -0.340. The number of aliphatic hydroxyl groups is 2. The van der Waals surface area contributed by atoms with E-state index in [4.69, 9.17) is 10.2 Å². The predicted octanol–water partition coefficient (Wildman–Crippen LogP) is 2.36. The van der Waals surface area contributed by atoms with Crippen molar-refractivity contribution < 1.29 is 10.2 Å². The number of hydrogen-bond donors (Lipinski definition) is 2. The highest BCUT2D eigenvalue weighted by atomic mass is 16.3. The van der Waals surface area contributed by atoms with Crippen molar-refractivity contribution in [1.82, 2.24) is 0 Å². The van der Waals surface area contributed by atoms with Crippen LogP contribution in [0.4, 0.5) is 0 Å². The molecule has 2 nitrogen and oxygen atoms in total. The molecule has 15 heavy (non-hydrogen) atoms. The van der Waals surface area contributed by atoms with Crippen LogP contribution in [-0.4, -0.2) is 23.4 Å². The van der Waals surface area contributed by atoms with Crippen molar-refractivity contribution in [2.75, 3.05) is 13.2 Å². The molecule has 0 spiro atoms. The third-order valence-corrected chi connectivity index (χ3v) is 3.59. The van der Waals surface area contributed by atoms with Crippen LogP contribution >= 0.6 is 0 Å². The summed E-state index contributed by atoms with van der Waals surface area (Å²) >= 11 is 0. The second-order valence-corrected chi connectivity index (χ2v) is 4.62. The minimum atomic E-state index is 0.243. The van der Waals surface area contributed by atoms with E-state index in [2.05, 4.69) is 19.1 Å². The highest BCUT2D eigenvalue weighted by Gasteiger charge is 2.38. The van der Waals surface area contributed by atoms with Crippen LogP contribution in [0.2, 0.25) is 0 Å². The van der Waals surface area contributed by atoms with Gasteiger partial charge in [-0.1, -0.05) is 25.5 Å². The Morgan fingerprint density at radius 3 is 2.40 bits per heavy atom. The molecule has 88 valence electrons. The van der Waals surface area contributed by atoms with E-state index in [0.717, 1.165) is 12.8 Å². The van der Waals surface area contributed by atoms with Crippen LogP contribution in [0.15, 0.2) is 12.2 Å².